The SMILES string of the molecule is C[C@@H](NC(=O)N1C(=O)[C@@]2(c3cc(C#CC4(O)CCCCCC4)ccc31)[C@H](C(=O)O)[C@H]1C(=O)O[C@H](c3ccccc3)[C@H](c3ccccc3)N1[C@@H]2c1ccccc1OCCO)c1ccccc1. The van der Waals surface area contributed by atoms with E-state index in [4.69, 9.17) is 9.47 Å². The van der Waals surface area contributed by atoms with Gasteiger partial charge in [0.25, 0.3) is 0 Å². The molecule has 1 saturated carbocycles. The Morgan fingerprint density at radius 2 is 1.46 bits per heavy atom. The lowest BCUT2D eigenvalue weighted by Crippen LogP contribution is -2.54. The number of carboxylic acids is 1. The first-order valence-corrected chi connectivity index (χ1v) is 22.3. The second-order valence-electron chi connectivity index (χ2n) is 17.4. The maximum Gasteiger partial charge on any atom is 0.329 e. The predicted octanol–water partition coefficient (Wildman–Crippen LogP) is 7.72. The Bertz CT molecular complexity index is 2640. The van der Waals surface area contributed by atoms with Gasteiger partial charge in [0.2, 0.25) is 5.91 Å². The number of imide groups is 1. The number of anilines is 1. The number of aliphatic hydroxyl groups excluding tert-OH is 1. The van der Waals surface area contributed by atoms with Crippen molar-refractivity contribution in [2.24, 2.45) is 5.92 Å². The molecule has 1 aliphatic carbocycles. The van der Waals surface area contributed by atoms with Crippen molar-refractivity contribution in [3.8, 4) is 17.6 Å². The van der Waals surface area contributed by atoms with Gasteiger partial charge in [-0.2, -0.15) is 0 Å². The number of aliphatic hydroxyl groups is 2. The fourth-order valence-electron chi connectivity index (χ4n) is 10.6. The number of amides is 3. The highest BCUT2D eigenvalue weighted by Gasteiger charge is 2.76. The number of aliphatic carboxylic acids is 1. The summed E-state index contributed by atoms with van der Waals surface area (Å²) in [7, 11) is 0. The number of esters is 1. The van der Waals surface area contributed by atoms with Gasteiger partial charge in [-0.25, -0.2) is 9.69 Å². The Morgan fingerprint density at radius 1 is 0.831 bits per heavy atom. The molecule has 0 radical (unpaired) electrons. The molecule has 4 N–H and O–H groups in total. The van der Waals surface area contributed by atoms with Crippen molar-refractivity contribution in [3.63, 3.8) is 0 Å². The van der Waals surface area contributed by atoms with Crippen LogP contribution in [0.15, 0.2) is 133 Å². The zero-order valence-electron chi connectivity index (χ0n) is 36.0. The number of carbonyl (C=O) groups excluding carboxylic acids is 3. The summed E-state index contributed by atoms with van der Waals surface area (Å²) in [4.78, 5) is 63.4. The van der Waals surface area contributed by atoms with E-state index in [2.05, 4.69) is 17.2 Å². The largest absolute Gasteiger partial charge is 0.491 e. The quantitative estimate of drug-likeness (QED) is 0.0655. The van der Waals surface area contributed by atoms with Gasteiger partial charge in [0.05, 0.1) is 30.4 Å². The Morgan fingerprint density at radius 3 is 2.12 bits per heavy atom. The number of morpholine rings is 1. The number of fused-ring (bicyclic) bond motifs is 3. The lowest BCUT2D eigenvalue weighted by Gasteiger charge is -2.46. The number of para-hydroxylation sites is 1. The van der Waals surface area contributed by atoms with Gasteiger partial charge in [-0.1, -0.05) is 134 Å². The van der Waals surface area contributed by atoms with E-state index in [-0.39, 0.29) is 30.2 Å². The average Bonchev–Trinajstić information content (AvgIpc) is 3.66. The molecule has 3 heterocycles. The molecule has 0 unspecified atom stereocenters. The van der Waals surface area contributed by atoms with Gasteiger partial charge in [0, 0.05) is 11.1 Å². The number of nitrogens with zero attached hydrogens (tertiary/aromatic N) is 2. The molecule has 3 amide bonds. The maximum atomic E-state index is 16.3. The van der Waals surface area contributed by atoms with Crippen LogP contribution in [-0.4, -0.2) is 69.0 Å². The van der Waals surface area contributed by atoms with E-state index in [1.807, 2.05) is 91.0 Å². The predicted molar refractivity (Wildman–Crippen MR) is 241 cm³/mol. The molecule has 3 aliphatic heterocycles. The standard InChI is InChI=1S/C53H51N3O9/c1-34(36-17-7-4-8-18-36)54-51(62)55-41-26-25-35(27-30-52(63)28-15-2-3-16-29-52)33-40(41)53(50(55)61)43(48(58)59)45-49(60)65-46(38-21-11-6-12-22-38)44(37-19-9-5-10-20-37)56(45)47(53)39-23-13-14-24-42(39)64-32-31-57/h4-14,17-26,33-34,43-47,57,63H,2-3,15-16,28-29,31-32H2,1H3,(H,54,62)(H,58,59)/t34-,43+,44+,45+,46-,47-,53+/m1/s1. The summed E-state index contributed by atoms with van der Waals surface area (Å²) in [5.41, 5.74) is -0.309. The van der Waals surface area contributed by atoms with Crippen LogP contribution in [0.4, 0.5) is 10.5 Å². The van der Waals surface area contributed by atoms with E-state index in [0.29, 0.717) is 35.1 Å². The molecule has 0 bridgehead atoms. The molecule has 3 fully saturated rings. The molecular formula is C53H51N3O9. The third kappa shape index (κ3) is 7.73. The van der Waals surface area contributed by atoms with Gasteiger partial charge in [-0.05, 0) is 79.1 Å². The van der Waals surface area contributed by atoms with Crippen molar-refractivity contribution in [1.82, 2.24) is 10.2 Å². The van der Waals surface area contributed by atoms with Crippen molar-refractivity contribution in [2.45, 2.75) is 86.7 Å². The highest BCUT2D eigenvalue weighted by atomic mass is 16.6. The molecule has 65 heavy (non-hydrogen) atoms. The summed E-state index contributed by atoms with van der Waals surface area (Å²) in [6.07, 6.45) is 3.64. The van der Waals surface area contributed by atoms with E-state index >= 15 is 9.59 Å². The highest BCUT2D eigenvalue weighted by molar-refractivity contribution is 6.24. The smallest absolute Gasteiger partial charge is 0.329 e. The lowest BCUT2D eigenvalue weighted by molar-refractivity contribution is -0.179. The summed E-state index contributed by atoms with van der Waals surface area (Å²) in [5, 5.41) is 36.3. The molecule has 0 aromatic heterocycles. The molecule has 2 saturated heterocycles. The van der Waals surface area contributed by atoms with Gasteiger partial charge in [0.15, 0.2) is 0 Å². The van der Waals surface area contributed by atoms with Crippen LogP contribution < -0.4 is 15.0 Å². The lowest BCUT2D eigenvalue weighted by atomic mass is 9.65. The number of rotatable bonds is 9. The molecule has 7 atom stereocenters. The number of urea groups is 1. The minimum absolute atomic E-state index is 0.126. The third-order valence-electron chi connectivity index (χ3n) is 13.5. The third-order valence-corrected chi connectivity index (χ3v) is 13.5. The van der Waals surface area contributed by atoms with Crippen LogP contribution in [-0.2, 0) is 24.5 Å². The van der Waals surface area contributed by atoms with E-state index in [0.717, 1.165) is 36.1 Å². The topological polar surface area (TPSA) is 166 Å². The van der Waals surface area contributed by atoms with Crippen LogP contribution in [0.1, 0.15) is 103 Å². The van der Waals surface area contributed by atoms with Crippen molar-refractivity contribution in [1.29, 1.82) is 0 Å². The molecule has 1 spiro atoms. The van der Waals surface area contributed by atoms with Crippen molar-refractivity contribution >= 4 is 29.6 Å². The summed E-state index contributed by atoms with van der Waals surface area (Å²) in [6, 6.07) is 34.4. The Balaban J connectivity index is 1.33. The Kier molecular flexibility index (Phi) is 12.0. The first-order valence-electron chi connectivity index (χ1n) is 22.3. The highest BCUT2D eigenvalue weighted by Crippen LogP contribution is 2.66. The number of hydrogen-bond donors (Lipinski definition) is 4. The van der Waals surface area contributed by atoms with Crippen LogP contribution in [0.2, 0.25) is 0 Å². The molecule has 5 aromatic rings. The van der Waals surface area contributed by atoms with Crippen LogP contribution in [0.25, 0.3) is 0 Å². The second kappa shape index (κ2) is 18.0. The van der Waals surface area contributed by atoms with Crippen LogP contribution >= 0.6 is 0 Å². The monoisotopic (exact) mass is 873 g/mol. The Hall–Kier alpha value is -6.78. The number of cyclic esters (lactones) is 1. The Labute approximate surface area is 377 Å². The average molecular weight is 874 g/mol. The van der Waals surface area contributed by atoms with Gasteiger partial charge >= 0.3 is 18.0 Å². The number of ether oxygens (including phenoxy) is 2. The van der Waals surface area contributed by atoms with Crippen LogP contribution in [0.5, 0.6) is 5.75 Å². The first kappa shape index (κ1) is 43.5. The normalized spacial score (nSPS) is 25.0. The molecule has 4 aliphatic rings. The molecule has 5 aromatic carbocycles. The number of carboxylic acid groups (broad SMARTS) is 1. The zero-order valence-corrected chi connectivity index (χ0v) is 36.0. The van der Waals surface area contributed by atoms with E-state index in [1.54, 1.807) is 54.3 Å². The molecular weight excluding hydrogens is 823 g/mol. The van der Waals surface area contributed by atoms with Crippen LogP contribution in [0, 0.1) is 17.8 Å². The summed E-state index contributed by atoms with van der Waals surface area (Å²) in [6.45, 7) is 1.32. The number of carbonyl (C=O) groups is 4. The fraction of sp³-hybridized carbons (Fsp3) is 0.321. The minimum Gasteiger partial charge on any atom is -0.491 e. The zero-order chi connectivity index (χ0) is 45.3. The van der Waals surface area contributed by atoms with E-state index in [9.17, 15) is 24.9 Å². The van der Waals surface area contributed by atoms with Gasteiger partial charge in [-0.15, -0.1) is 0 Å². The first-order chi connectivity index (χ1) is 31.6. The summed E-state index contributed by atoms with van der Waals surface area (Å²) in [5.74, 6) is 1.53. The summed E-state index contributed by atoms with van der Waals surface area (Å²) < 4.78 is 12.6. The van der Waals surface area contributed by atoms with E-state index < -0.39 is 71.1 Å². The minimum atomic E-state index is -2.22. The molecule has 332 valence electrons. The number of nitrogens with one attached hydrogen (secondary N) is 1. The maximum absolute atomic E-state index is 16.3. The number of benzene rings is 5. The van der Waals surface area contributed by atoms with Gasteiger partial charge in [-0.3, -0.25) is 19.3 Å². The van der Waals surface area contributed by atoms with Gasteiger partial charge < -0.3 is 30.1 Å². The second-order valence-corrected chi connectivity index (χ2v) is 17.4. The number of hydrogen-bond acceptors (Lipinski definition) is 9. The molecule has 12 heteroatoms. The summed E-state index contributed by atoms with van der Waals surface area (Å²) >= 11 is 0. The van der Waals surface area contributed by atoms with E-state index in [1.165, 1.54) is 0 Å². The van der Waals surface area contributed by atoms with Crippen molar-refractivity contribution in [3.05, 3.63) is 167 Å². The fourth-order valence-corrected chi connectivity index (χ4v) is 10.6. The van der Waals surface area contributed by atoms with Crippen molar-refractivity contribution in [2.75, 3.05) is 18.1 Å². The molecule has 12 nitrogen and oxygen atoms in total. The molecule has 9 rings (SSSR count). The van der Waals surface area contributed by atoms with Gasteiger partial charge in [0.1, 0.15) is 41.4 Å². The van der Waals surface area contributed by atoms with Crippen molar-refractivity contribution < 1.29 is 44.0 Å². The van der Waals surface area contributed by atoms with Crippen LogP contribution in [0.3, 0.4) is 0 Å².